The smallest absolute Gasteiger partial charge is 0.295 e. The van der Waals surface area contributed by atoms with Crippen molar-refractivity contribution in [3.63, 3.8) is 0 Å². The lowest BCUT2D eigenvalue weighted by Crippen LogP contribution is -2.31. The average molecular weight is 509 g/mol. The molecule has 5 rings (SSSR count). The van der Waals surface area contributed by atoms with Crippen molar-refractivity contribution in [1.82, 2.24) is 19.4 Å². The highest BCUT2D eigenvalue weighted by molar-refractivity contribution is 6.46. The maximum atomic E-state index is 13.2. The average Bonchev–Trinajstić information content (AvgIpc) is 3.55. The van der Waals surface area contributed by atoms with E-state index in [1.54, 1.807) is 55.2 Å². The van der Waals surface area contributed by atoms with Crippen LogP contribution in [0, 0.1) is 6.92 Å². The van der Waals surface area contributed by atoms with Gasteiger partial charge in [0.25, 0.3) is 11.7 Å². The van der Waals surface area contributed by atoms with Crippen molar-refractivity contribution >= 4 is 17.4 Å². The van der Waals surface area contributed by atoms with Gasteiger partial charge in [-0.3, -0.25) is 14.6 Å². The Labute approximate surface area is 220 Å². The van der Waals surface area contributed by atoms with Gasteiger partial charge in [0, 0.05) is 43.4 Å². The number of rotatable bonds is 9. The Morgan fingerprint density at radius 2 is 1.84 bits per heavy atom. The van der Waals surface area contributed by atoms with Gasteiger partial charge in [0.2, 0.25) is 0 Å². The normalized spacial score (nSPS) is 16.7. The molecule has 1 amide bonds. The first kappa shape index (κ1) is 25.0. The molecule has 192 valence electrons. The van der Waals surface area contributed by atoms with E-state index in [4.69, 9.17) is 4.74 Å². The highest BCUT2D eigenvalue weighted by Gasteiger charge is 2.45. The predicted molar refractivity (Wildman–Crippen MR) is 142 cm³/mol. The Bertz CT molecular complexity index is 1450. The first-order valence-electron chi connectivity index (χ1n) is 12.4. The zero-order valence-electron chi connectivity index (χ0n) is 21.0. The van der Waals surface area contributed by atoms with Crippen LogP contribution in [0.5, 0.6) is 5.75 Å². The van der Waals surface area contributed by atoms with Gasteiger partial charge in [-0.15, -0.1) is 0 Å². The number of pyridine rings is 1. The molecule has 1 aliphatic heterocycles. The minimum Gasteiger partial charge on any atom is -0.507 e. The van der Waals surface area contributed by atoms with Crippen LogP contribution in [0.4, 0.5) is 0 Å². The molecular formula is C30H28N4O4. The summed E-state index contributed by atoms with van der Waals surface area (Å²) in [7, 11) is 0. The monoisotopic (exact) mass is 508 g/mol. The fourth-order valence-corrected chi connectivity index (χ4v) is 4.67. The van der Waals surface area contributed by atoms with Gasteiger partial charge in [-0.05, 0) is 54.8 Å². The zero-order valence-corrected chi connectivity index (χ0v) is 21.0. The van der Waals surface area contributed by atoms with Gasteiger partial charge in [-0.1, -0.05) is 35.9 Å². The van der Waals surface area contributed by atoms with Crippen molar-refractivity contribution < 1.29 is 19.4 Å². The van der Waals surface area contributed by atoms with E-state index in [1.165, 1.54) is 4.90 Å². The number of amides is 1. The highest BCUT2D eigenvalue weighted by Crippen LogP contribution is 2.39. The van der Waals surface area contributed by atoms with Gasteiger partial charge in [0.1, 0.15) is 18.1 Å². The van der Waals surface area contributed by atoms with E-state index < -0.39 is 17.7 Å². The second-order valence-electron chi connectivity index (χ2n) is 9.24. The third kappa shape index (κ3) is 5.34. The molecule has 2 aromatic heterocycles. The van der Waals surface area contributed by atoms with Crippen LogP contribution in [0.15, 0.2) is 97.4 Å². The molecule has 3 heterocycles. The van der Waals surface area contributed by atoms with Gasteiger partial charge < -0.3 is 19.3 Å². The van der Waals surface area contributed by atoms with Crippen molar-refractivity contribution in [3.8, 4) is 5.75 Å². The lowest BCUT2D eigenvalue weighted by molar-refractivity contribution is -0.139. The highest BCUT2D eigenvalue weighted by atomic mass is 16.5. The maximum absolute atomic E-state index is 13.2. The maximum Gasteiger partial charge on any atom is 0.295 e. The van der Waals surface area contributed by atoms with E-state index in [0.717, 1.165) is 11.1 Å². The molecule has 1 unspecified atom stereocenters. The lowest BCUT2D eigenvalue weighted by atomic mass is 9.96. The van der Waals surface area contributed by atoms with Crippen molar-refractivity contribution in [1.29, 1.82) is 0 Å². The van der Waals surface area contributed by atoms with Gasteiger partial charge in [0.05, 0.1) is 17.9 Å². The van der Waals surface area contributed by atoms with E-state index in [-0.39, 0.29) is 11.3 Å². The Morgan fingerprint density at radius 3 is 2.55 bits per heavy atom. The molecule has 1 saturated heterocycles. The molecule has 1 fully saturated rings. The number of aryl methyl sites for hydroxylation is 2. The predicted octanol–water partition coefficient (Wildman–Crippen LogP) is 4.68. The summed E-state index contributed by atoms with van der Waals surface area (Å²) in [6.45, 7) is 3.43. The minimum atomic E-state index is -0.733. The summed E-state index contributed by atoms with van der Waals surface area (Å²) >= 11 is 0. The van der Waals surface area contributed by atoms with Crippen LogP contribution in [0.1, 0.15) is 34.7 Å². The Kier molecular flexibility index (Phi) is 7.31. The first-order chi connectivity index (χ1) is 18.5. The summed E-state index contributed by atoms with van der Waals surface area (Å²) in [5.74, 6) is -0.936. The Balaban J connectivity index is 1.39. The van der Waals surface area contributed by atoms with Crippen LogP contribution >= 0.6 is 0 Å². The summed E-state index contributed by atoms with van der Waals surface area (Å²) in [6.07, 6.45) is 9.12. The third-order valence-electron chi connectivity index (χ3n) is 6.53. The quantitative estimate of drug-likeness (QED) is 0.200. The molecule has 0 radical (unpaired) electrons. The SMILES string of the molecule is Cc1cccc(COc2ccc(/C(O)=C3/C(=O)C(=O)N(CCCn4ccnc4)C3c3cccnc3)cc2)c1. The topological polar surface area (TPSA) is 97.6 Å². The number of ether oxygens (including phenoxy) is 1. The first-order valence-corrected chi connectivity index (χ1v) is 12.4. The van der Waals surface area contributed by atoms with Crippen molar-refractivity contribution in [2.45, 2.75) is 32.5 Å². The summed E-state index contributed by atoms with van der Waals surface area (Å²) in [4.78, 5) is 36.0. The minimum absolute atomic E-state index is 0.0547. The number of hydrogen-bond donors (Lipinski definition) is 1. The van der Waals surface area contributed by atoms with E-state index >= 15 is 0 Å². The van der Waals surface area contributed by atoms with E-state index in [2.05, 4.69) is 16.0 Å². The number of aliphatic hydroxyl groups excluding tert-OH is 1. The molecule has 1 aliphatic rings. The number of hydrogen-bond acceptors (Lipinski definition) is 6. The van der Waals surface area contributed by atoms with Crippen LogP contribution in [0.3, 0.4) is 0 Å². The lowest BCUT2D eigenvalue weighted by Gasteiger charge is -2.25. The fraction of sp³-hybridized carbons (Fsp3) is 0.200. The van der Waals surface area contributed by atoms with Crippen molar-refractivity contribution in [2.75, 3.05) is 6.54 Å². The molecule has 0 spiro atoms. The van der Waals surface area contributed by atoms with Crippen LogP contribution in [-0.2, 0) is 22.7 Å². The number of Topliss-reactive ketones (excluding diaryl/α,β-unsaturated/α-hetero) is 1. The number of aliphatic hydroxyl groups is 1. The summed E-state index contributed by atoms with van der Waals surface area (Å²) < 4.78 is 7.80. The van der Waals surface area contributed by atoms with Gasteiger partial charge in [-0.2, -0.15) is 0 Å². The summed E-state index contributed by atoms with van der Waals surface area (Å²) in [6, 6.07) is 17.8. The number of nitrogens with zero attached hydrogens (tertiary/aromatic N) is 4. The second kappa shape index (κ2) is 11.1. The molecule has 0 saturated carbocycles. The summed E-state index contributed by atoms with van der Waals surface area (Å²) in [5, 5.41) is 11.3. The third-order valence-corrected chi connectivity index (χ3v) is 6.53. The van der Waals surface area contributed by atoms with Crippen LogP contribution in [-0.4, -0.2) is 42.8 Å². The molecule has 1 atom stereocenters. The fourth-order valence-electron chi connectivity index (χ4n) is 4.67. The number of carbonyl (C=O) groups is 2. The number of carbonyl (C=O) groups excluding carboxylic acids is 2. The molecule has 0 bridgehead atoms. The number of aromatic nitrogens is 3. The number of likely N-dealkylation sites (tertiary alicyclic amines) is 1. The number of imidazole rings is 1. The molecule has 8 nitrogen and oxygen atoms in total. The van der Waals surface area contributed by atoms with E-state index in [9.17, 15) is 14.7 Å². The van der Waals surface area contributed by atoms with Gasteiger partial charge in [0.15, 0.2) is 0 Å². The number of benzene rings is 2. The van der Waals surface area contributed by atoms with Gasteiger partial charge in [-0.25, -0.2) is 4.98 Å². The second-order valence-corrected chi connectivity index (χ2v) is 9.24. The van der Waals surface area contributed by atoms with E-state index in [0.29, 0.717) is 43.0 Å². The molecule has 2 aromatic carbocycles. The van der Waals surface area contributed by atoms with E-state index in [1.807, 2.05) is 42.0 Å². The zero-order chi connectivity index (χ0) is 26.5. The molecule has 38 heavy (non-hydrogen) atoms. The van der Waals surface area contributed by atoms with Crippen molar-refractivity contribution in [3.05, 3.63) is 120 Å². The molecule has 8 heteroatoms. The Hall–Kier alpha value is -4.72. The molecule has 4 aromatic rings. The largest absolute Gasteiger partial charge is 0.507 e. The van der Waals surface area contributed by atoms with Gasteiger partial charge >= 0.3 is 0 Å². The molecular weight excluding hydrogens is 480 g/mol. The van der Waals surface area contributed by atoms with Crippen LogP contribution in [0.25, 0.3) is 5.76 Å². The molecule has 0 aliphatic carbocycles. The van der Waals surface area contributed by atoms with Crippen LogP contribution in [0.2, 0.25) is 0 Å². The summed E-state index contributed by atoms with van der Waals surface area (Å²) in [5.41, 5.74) is 3.36. The number of ketones is 1. The Morgan fingerprint density at radius 1 is 1.00 bits per heavy atom. The van der Waals surface area contributed by atoms with Crippen LogP contribution < -0.4 is 4.74 Å². The standard InChI is InChI=1S/C30H28N4O4/c1-21-5-2-6-22(17-21)19-38-25-10-8-23(9-11-25)28(35)26-27(24-7-3-12-31-18-24)34(30(37)29(26)36)15-4-14-33-16-13-32-20-33/h2-3,5-13,16-18,20,27,35H,4,14-15,19H2,1H3/b28-26-. The molecule has 1 N–H and O–H groups in total. The van der Waals surface area contributed by atoms with Crippen molar-refractivity contribution in [2.24, 2.45) is 0 Å².